The van der Waals surface area contributed by atoms with Crippen LogP contribution in [0.15, 0.2) is 0 Å². The zero-order valence-corrected chi connectivity index (χ0v) is 23.2. The van der Waals surface area contributed by atoms with Gasteiger partial charge in [0.1, 0.15) is 26.9 Å². The van der Waals surface area contributed by atoms with Crippen LogP contribution in [0.3, 0.4) is 0 Å². The van der Waals surface area contributed by atoms with Crippen molar-refractivity contribution in [2.45, 2.75) is 79.1 Å². The number of rotatable bonds is 22. The molecule has 0 bridgehead atoms. The molecule has 10 heteroatoms. The summed E-state index contributed by atoms with van der Waals surface area (Å²) in [5.41, 5.74) is 0. The molecule has 9 nitrogen and oxygen atoms in total. The van der Waals surface area contributed by atoms with Gasteiger partial charge in [0.05, 0.1) is 0 Å². The van der Waals surface area contributed by atoms with E-state index in [9.17, 15) is 0 Å². The van der Waals surface area contributed by atoms with Crippen LogP contribution in [0.5, 0.6) is 0 Å². The van der Waals surface area contributed by atoms with E-state index in [0.29, 0.717) is 69.1 Å². The number of anilines is 2. The number of nitrogens with zero attached hydrogens (tertiary/aromatic N) is 5. The molecule has 0 saturated carbocycles. The molecule has 0 N–H and O–H groups in total. The third-order valence-electron chi connectivity index (χ3n) is 4.71. The molecule has 0 aliphatic carbocycles. The lowest BCUT2D eigenvalue weighted by molar-refractivity contribution is 0.0794. The largest absolute Gasteiger partial charge is 0.361 e. The Kier molecular flexibility index (Phi) is 18.8. The fourth-order valence-corrected chi connectivity index (χ4v) is 3.03. The topological polar surface area (TPSA) is 82.1 Å². The fraction of sp³-hybridized carbons (Fsp3) is 0.870. The first-order chi connectivity index (χ1) is 16.2. The Hall–Kier alpha value is -0.820. The van der Waals surface area contributed by atoms with E-state index in [-0.39, 0.29) is 0 Å². The van der Waals surface area contributed by atoms with Gasteiger partial charge in [-0.25, -0.2) is 0 Å². The highest BCUT2D eigenvalue weighted by Gasteiger charge is 2.18. The van der Waals surface area contributed by atoms with Crippen LogP contribution in [0.4, 0.5) is 11.9 Å². The second-order valence-electron chi connectivity index (χ2n) is 7.85. The molecular weight excluding hydrogens is 537 g/mol. The molecule has 0 amide bonds. The summed E-state index contributed by atoms with van der Waals surface area (Å²) in [5.74, 6) is 1.06. The van der Waals surface area contributed by atoms with Crippen molar-refractivity contribution in [1.82, 2.24) is 15.0 Å². The number of hydrogen-bond acceptors (Lipinski definition) is 9. The first kappa shape index (κ1) is 30.2. The van der Waals surface area contributed by atoms with Gasteiger partial charge in [-0.2, -0.15) is 15.0 Å². The van der Waals surface area contributed by atoms with E-state index in [0.717, 1.165) is 51.4 Å². The quantitative estimate of drug-likeness (QED) is 0.104. The number of ether oxygens (including phenoxy) is 4. The molecular formula is C23H44IN5O4. The lowest BCUT2D eigenvalue weighted by Crippen LogP contribution is -2.34. The predicted molar refractivity (Wildman–Crippen MR) is 140 cm³/mol. The van der Waals surface area contributed by atoms with Gasteiger partial charge in [-0.3, -0.25) is 9.80 Å². The molecule has 0 spiro atoms. The van der Waals surface area contributed by atoms with E-state index in [1.807, 2.05) is 9.80 Å². The maximum absolute atomic E-state index is 5.85. The normalized spacial score (nSPS) is 11.2. The molecule has 0 aliphatic rings. The summed E-state index contributed by atoms with van der Waals surface area (Å²) in [6.07, 6.45) is 8.42. The van der Waals surface area contributed by atoms with Crippen molar-refractivity contribution in [2.75, 3.05) is 63.2 Å². The molecule has 1 aromatic heterocycles. The van der Waals surface area contributed by atoms with E-state index in [1.165, 1.54) is 0 Å². The summed E-state index contributed by atoms with van der Waals surface area (Å²) in [6, 6.07) is 0. The third kappa shape index (κ3) is 14.2. The van der Waals surface area contributed by atoms with Crippen molar-refractivity contribution in [3.8, 4) is 0 Å². The summed E-state index contributed by atoms with van der Waals surface area (Å²) in [6.45, 7) is 12.8. The zero-order chi connectivity index (χ0) is 24.2. The summed E-state index contributed by atoms with van der Waals surface area (Å²) in [4.78, 5) is 17.7. The predicted octanol–water partition coefficient (Wildman–Crippen LogP) is 5.19. The van der Waals surface area contributed by atoms with Gasteiger partial charge in [-0.15, -0.1) is 0 Å². The lowest BCUT2D eigenvalue weighted by atomic mass is 10.4. The smallest absolute Gasteiger partial charge is 0.234 e. The van der Waals surface area contributed by atoms with Crippen LogP contribution in [0.1, 0.15) is 79.1 Å². The maximum atomic E-state index is 5.85. The summed E-state index contributed by atoms with van der Waals surface area (Å²) < 4.78 is 24.0. The number of aromatic nitrogens is 3. The van der Waals surface area contributed by atoms with Gasteiger partial charge in [0.25, 0.3) is 0 Å². The first-order valence-electron chi connectivity index (χ1n) is 12.4. The van der Waals surface area contributed by atoms with Crippen molar-refractivity contribution in [3.63, 3.8) is 0 Å². The number of hydrogen-bond donors (Lipinski definition) is 0. The standard InChI is InChI=1S/C23H44IN5O4/c1-5-9-13-30-17-28(18-31-14-10-6-2)22-25-21(24)26-23(27-22)29(19-32-15-11-7-3)20-33-16-12-8-4/h5-20H2,1-4H3. The van der Waals surface area contributed by atoms with Crippen molar-refractivity contribution in [1.29, 1.82) is 0 Å². The zero-order valence-electron chi connectivity index (χ0n) is 21.1. The van der Waals surface area contributed by atoms with Gasteiger partial charge in [-0.05, 0) is 25.7 Å². The number of unbranched alkanes of at least 4 members (excludes halogenated alkanes) is 4. The fourth-order valence-electron chi connectivity index (χ4n) is 2.60. The molecule has 1 heterocycles. The second-order valence-corrected chi connectivity index (χ2v) is 8.81. The van der Waals surface area contributed by atoms with Crippen molar-refractivity contribution >= 4 is 34.5 Å². The van der Waals surface area contributed by atoms with Gasteiger partial charge >= 0.3 is 0 Å². The van der Waals surface area contributed by atoms with Gasteiger partial charge in [0.15, 0.2) is 3.83 Å². The number of halogens is 1. The molecule has 0 aliphatic heterocycles. The van der Waals surface area contributed by atoms with Crippen LogP contribution in [0.25, 0.3) is 0 Å². The van der Waals surface area contributed by atoms with E-state index in [1.54, 1.807) is 0 Å². The van der Waals surface area contributed by atoms with Gasteiger partial charge in [-0.1, -0.05) is 53.4 Å². The molecule has 0 unspecified atom stereocenters. The summed E-state index contributed by atoms with van der Waals surface area (Å²) >= 11 is 2.12. The first-order valence-corrected chi connectivity index (χ1v) is 13.5. The highest BCUT2D eigenvalue weighted by Crippen LogP contribution is 2.16. The highest BCUT2D eigenvalue weighted by atomic mass is 127. The summed E-state index contributed by atoms with van der Waals surface area (Å²) in [7, 11) is 0. The van der Waals surface area contributed by atoms with Crippen LogP contribution in [0.2, 0.25) is 0 Å². The van der Waals surface area contributed by atoms with Crippen molar-refractivity contribution < 1.29 is 18.9 Å². The molecule has 33 heavy (non-hydrogen) atoms. The minimum Gasteiger partial charge on any atom is -0.361 e. The van der Waals surface area contributed by atoms with Crippen LogP contribution in [-0.2, 0) is 18.9 Å². The SMILES string of the molecule is CCCCOCN(COCCCC)c1nc(I)nc(N(COCCCC)COCCCC)n1. The maximum Gasteiger partial charge on any atom is 0.234 e. The van der Waals surface area contributed by atoms with Crippen LogP contribution >= 0.6 is 22.6 Å². The molecule has 0 aromatic carbocycles. The third-order valence-corrected chi connectivity index (χ3v) is 5.19. The molecule has 0 radical (unpaired) electrons. The average Bonchev–Trinajstić information content (AvgIpc) is 2.81. The van der Waals surface area contributed by atoms with Gasteiger partial charge < -0.3 is 18.9 Å². The van der Waals surface area contributed by atoms with E-state index >= 15 is 0 Å². The second kappa shape index (κ2) is 20.5. The minimum absolute atomic E-state index is 0.367. The van der Waals surface area contributed by atoms with Crippen LogP contribution in [-0.4, -0.2) is 68.3 Å². The molecule has 192 valence electrons. The van der Waals surface area contributed by atoms with Crippen LogP contribution < -0.4 is 9.80 Å². The Morgan fingerprint density at radius 2 is 0.848 bits per heavy atom. The minimum atomic E-state index is 0.367. The van der Waals surface area contributed by atoms with Crippen molar-refractivity contribution in [2.24, 2.45) is 0 Å². The Balaban J connectivity index is 2.96. The van der Waals surface area contributed by atoms with Crippen LogP contribution in [0, 0.1) is 3.83 Å². The van der Waals surface area contributed by atoms with Gasteiger partial charge in [0.2, 0.25) is 11.9 Å². The lowest BCUT2D eigenvalue weighted by Gasteiger charge is -2.26. The summed E-state index contributed by atoms with van der Waals surface area (Å²) in [5, 5.41) is 0. The van der Waals surface area contributed by atoms with Crippen molar-refractivity contribution in [3.05, 3.63) is 3.83 Å². The molecule has 0 fully saturated rings. The van der Waals surface area contributed by atoms with E-state index in [4.69, 9.17) is 23.9 Å². The average molecular weight is 582 g/mol. The molecule has 1 rings (SSSR count). The Morgan fingerprint density at radius 3 is 1.12 bits per heavy atom. The molecule has 0 saturated heterocycles. The van der Waals surface area contributed by atoms with E-state index < -0.39 is 0 Å². The molecule has 1 aromatic rings. The Labute approximate surface area is 214 Å². The Morgan fingerprint density at radius 1 is 0.545 bits per heavy atom. The molecule has 0 atom stereocenters. The van der Waals surface area contributed by atoms with Gasteiger partial charge in [0, 0.05) is 49.0 Å². The van der Waals surface area contributed by atoms with E-state index in [2.05, 4.69) is 60.3 Å². The highest BCUT2D eigenvalue weighted by molar-refractivity contribution is 14.1. The monoisotopic (exact) mass is 581 g/mol. The Bertz CT molecular complexity index is 530.